The zero-order valence-electron chi connectivity index (χ0n) is 13.1. The first kappa shape index (κ1) is 17.9. The minimum absolute atomic E-state index is 0.208. The van der Waals surface area contributed by atoms with E-state index in [-0.39, 0.29) is 10.7 Å². The van der Waals surface area contributed by atoms with Crippen LogP contribution in [0, 0.1) is 0 Å². The molecule has 0 saturated heterocycles. The summed E-state index contributed by atoms with van der Waals surface area (Å²) in [5.41, 5.74) is 5.57. The van der Waals surface area contributed by atoms with Gasteiger partial charge in [0.1, 0.15) is 5.82 Å². The normalized spacial score (nSPS) is 12.2. The lowest BCUT2D eigenvalue weighted by atomic mass is 10.3. The Bertz CT molecular complexity index is 530. The van der Waals surface area contributed by atoms with Crippen molar-refractivity contribution in [3.8, 4) is 0 Å². The second-order valence-corrected chi connectivity index (χ2v) is 6.73. The van der Waals surface area contributed by atoms with Crippen molar-refractivity contribution < 1.29 is 8.42 Å². The van der Waals surface area contributed by atoms with Crippen LogP contribution in [0.3, 0.4) is 0 Å². The van der Waals surface area contributed by atoms with Gasteiger partial charge in [0.25, 0.3) is 0 Å². The predicted octanol–water partition coefficient (Wildman–Crippen LogP) is 1.41. The maximum absolute atomic E-state index is 12.6. The molecule has 0 radical (unpaired) electrons. The molecular formula is C14H26N4O2S. The summed E-state index contributed by atoms with van der Waals surface area (Å²) in [5, 5.41) is 0. The standard InChI is InChI=1S/C14H26N4O2S/c1-4-17(5-2)10-7-11-18(6-3)21(19,20)13-8-9-16-14(15)12-13/h8-9,12H,4-7,10-11H2,1-3H3,(H2,15,16). The van der Waals surface area contributed by atoms with Crippen molar-refractivity contribution >= 4 is 15.8 Å². The van der Waals surface area contributed by atoms with Crippen LogP contribution in [0.25, 0.3) is 0 Å². The number of hydrogen-bond donors (Lipinski definition) is 1. The Labute approximate surface area is 128 Å². The van der Waals surface area contributed by atoms with Gasteiger partial charge in [-0.2, -0.15) is 4.31 Å². The lowest BCUT2D eigenvalue weighted by molar-refractivity contribution is 0.285. The summed E-state index contributed by atoms with van der Waals surface area (Å²) >= 11 is 0. The van der Waals surface area contributed by atoms with Crippen molar-refractivity contribution in [2.45, 2.75) is 32.1 Å². The van der Waals surface area contributed by atoms with Gasteiger partial charge in [-0.1, -0.05) is 20.8 Å². The molecule has 0 bridgehead atoms. The van der Waals surface area contributed by atoms with E-state index in [4.69, 9.17) is 5.73 Å². The number of aromatic nitrogens is 1. The van der Waals surface area contributed by atoms with Crippen molar-refractivity contribution in [2.75, 3.05) is 38.5 Å². The molecule has 0 aromatic carbocycles. The van der Waals surface area contributed by atoms with Gasteiger partial charge in [-0.15, -0.1) is 0 Å². The fraction of sp³-hybridized carbons (Fsp3) is 0.643. The monoisotopic (exact) mass is 314 g/mol. The first-order chi connectivity index (χ1) is 9.95. The number of nitrogens with zero attached hydrogens (tertiary/aromatic N) is 3. The Balaban J connectivity index is 2.74. The van der Waals surface area contributed by atoms with Crippen LogP contribution >= 0.6 is 0 Å². The molecule has 120 valence electrons. The van der Waals surface area contributed by atoms with Crippen LogP contribution < -0.4 is 5.73 Å². The molecule has 0 aliphatic rings. The maximum atomic E-state index is 12.6. The smallest absolute Gasteiger partial charge is 0.243 e. The van der Waals surface area contributed by atoms with E-state index < -0.39 is 10.0 Å². The average molecular weight is 314 g/mol. The van der Waals surface area contributed by atoms with Crippen LogP contribution in [0.5, 0.6) is 0 Å². The van der Waals surface area contributed by atoms with E-state index >= 15 is 0 Å². The van der Waals surface area contributed by atoms with Gasteiger partial charge in [0.05, 0.1) is 4.90 Å². The van der Waals surface area contributed by atoms with Gasteiger partial charge in [0.2, 0.25) is 10.0 Å². The van der Waals surface area contributed by atoms with Crippen LogP contribution in [-0.4, -0.2) is 55.3 Å². The first-order valence-electron chi connectivity index (χ1n) is 7.39. The third kappa shape index (κ3) is 4.94. The molecular weight excluding hydrogens is 288 g/mol. The fourth-order valence-electron chi connectivity index (χ4n) is 2.20. The Morgan fingerprint density at radius 1 is 1.14 bits per heavy atom. The number of nitrogen functional groups attached to an aromatic ring is 1. The Hall–Kier alpha value is -1.18. The maximum Gasteiger partial charge on any atom is 0.243 e. The Morgan fingerprint density at radius 2 is 1.81 bits per heavy atom. The minimum atomic E-state index is -3.49. The molecule has 1 heterocycles. The summed E-state index contributed by atoms with van der Waals surface area (Å²) in [5.74, 6) is 0.218. The van der Waals surface area contributed by atoms with Crippen LogP contribution in [-0.2, 0) is 10.0 Å². The number of pyridine rings is 1. The van der Waals surface area contributed by atoms with Crippen molar-refractivity contribution in [3.05, 3.63) is 18.3 Å². The molecule has 0 aliphatic heterocycles. The molecule has 21 heavy (non-hydrogen) atoms. The van der Waals surface area contributed by atoms with E-state index in [1.165, 1.54) is 22.6 Å². The molecule has 2 N–H and O–H groups in total. The van der Waals surface area contributed by atoms with Crippen molar-refractivity contribution in [2.24, 2.45) is 0 Å². The van der Waals surface area contributed by atoms with E-state index in [0.717, 1.165) is 26.1 Å². The molecule has 0 aliphatic carbocycles. The predicted molar refractivity (Wildman–Crippen MR) is 85.5 cm³/mol. The molecule has 0 unspecified atom stereocenters. The average Bonchev–Trinajstić information content (AvgIpc) is 2.47. The Kier molecular flexibility index (Phi) is 7.07. The lowest BCUT2D eigenvalue weighted by Crippen LogP contribution is -2.34. The number of nitrogens with two attached hydrogens (primary N) is 1. The molecule has 0 saturated carbocycles. The van der Waals surface area contributed by atoms with Crippen LogP contribution in [0.4, 0.5) is 5.82 Å². The van der Waals surface area contributed by atoms with Gasteiger partial charge in [0, 0.05) is 25.4 Å². The quantitative estimate of drug-likeness (QED) is 0.745. The van der Waals surface area contributed by atoms with Crippen LogP contribution in [0.2, 0.25) is 0 Å². The van der Waals surface area contributed by atoms with Gasteiger partial charge in [0.15, 0.2) is 0 Å². The number of sulfonamides is 1. The molecule has 7 heteroatoms. The van der Waals surface area contributed by atoms with Gasteiger partial charge in [-0.3, -0.25) is 0 Å². The Morgan fingerprint density at radius 3 is 2.33 bits per heavy atom. The van der Waals surface area contributed by atoms with E-state index in [1.807, 2.05) is 6.92 Å². The fourth-order valence-corrected chi connectivity index (χ4v) is 3.71. The summed E-state index contributed by atoms with van der Waals surface area (Å²) in [6.45, 7) is 9.89. The number of anilines is 1. The summed E-state index contributed by atoms with van der Waals surface area (Å²) in [6, 6.07) is 2.89. The van der Waals surface area contributed by atoms with Crippen molar-refractivity contribution in [1.82, 2.24) is 14.2 Å². The van der Waals surface area contributed by atoms with E-state index in [1.54, 1.807) is 0 Å². The molecule has 0 fully saturated rings. The highest BCUT2D eigenvalue weighted by atomic mass is 32.2. The molecule has 6 nitrogen and oxygen atoms in total. The molecule has 1 aromatic rings. The van der Waals surface area contributed by atoms with E-state index in [9.17, 15) is 8.42 Å². The molecule has 0 spiro atoms. The minimum Gasteiger partial charge on any atom is -0.384 e. The van der Waals surface area contributed by atoms with Crippen molar-refractivity contribution in [3.63, 3.8) is 0 Å². The summed E-state index contributed by atoms with van der Waals surface area (Å²) < 4.78 is 26.6. The summed E-state index contributed by atoms with van der Waals surface area (Å²) in [4.78, 5) is 6.32. The number of hydrogen-bond acceptors (Lipinski definition) is 5. The second-order valence-electron chi connectivity index (χ2n) is 4.79. The first-order valence-corrected chi connectivity index (χ1v) is 8.83. The largest absolute Gasteiger partial charge is 0.384 e. The topological polar surface area (TPSA) is 79.5 Å². The third-order valence-corrected chi connectivity index (χ3v) is 5.49. The van der Waals surface area contributed by atoms with E-state index in [2.05, 4.69) is 23.7 Å². The molecule has 0 amide bonds. The van der Waals surface area contributed by atoms with Gasteiger partial charge in [-0.05, 0) is 32.1 Å². The highest BCUT2D eigenvalue weighted by molar-refractivity contribution is 7.89. The van der Waals surface area contributed by atoms with Crippen LogP contribution in [0.1, 0.15) is 27.2 Å². The molecule has 1 aromatic heterocycles. The molecule has 1 rings (SSSR count). The summed E-state index contributed by atoms with van der Waals surface area (Å²) in [6.07, 6.45) is 2.24. The summed E-state index contributed by atoms with van der Waals surface area (Å²) in [7, 11) is -3.49. The van der Waals surface area contributed by atoms with Crippen molar-refractivity contribution in [1.29, 1.82) is 0 Å². The third-order valence-electron chi connectivity index (χ3n) is 3.52. The van der Waals surface area contributed by atoms with Crippen LogP contribution in [0.15, 0.2) is 23.2 Å². The lowest BCUT2D eigenvalue weighted by Gasteiger charge is -2.23. The second kappa shape index (κ2) is 8.31. The molecule has 0 atom stereocenters. The number of rotatable bonds is 9. The van der Waals surface area contributed by atoms with Gasteiger partial charge >= 0.3 is 0 Å². The van der Waals surface area contributed by atoms with E-state index in [0.29, 0.717) is 13.1 Å². The highest BCUT2D eigenvalue weighted by Crippen LogP contribution is 2.16. The highest BCUT2D eigenvalue weighted by Gasteiger charge is 2.23. The van der Waals surface area contributed by atoms with Gasteiger partial charge in [-0.25, -0.2) is 13.4 Å². The zero-order chi connectivity index (χ0) is 15.9. The SMILES string of the molecule is CCN(CC)CCCN(CC)S(=O)(=O)c1ccnc(N)c1. The zero-order valence-corrected chi connectivity index (χ0v) is 13.9. The van der Waals surface area contributed by atoms with Gasteiger partial charge < -0.3 is 10.6 Å².